The van der Waals surface area contributed by atoms with Crippen LogP contribution in [0.3, 0.4) is 0 Å². The van der Waals surface area contributed by atoms with Crippen molar-refractivity contribution in [3.05, 3.63) is 242 Å². The van der Waals surface area contributed by atoms with Gasteiger partial charge in [-0.15, -0.1) is 0 Å². The van der Waals surface area contributed by atoms with Crippen molar-refractivity contribution in [1.82, 2.24) is 4.57 Å². The van der Waals surface area contributed by atoms with E-state index in [2.05, 4.69) is 240 Å². The fraction of sp³-hybridized carbons (Fsp3) is 0.0794. The molecular formula is C63H46N2. The molecule has 0 amide bonds. The van der Waals surface area contributed by atoms with Crippen molar-refractivity contribution in [2.75, 3.05) is 4.90 Å². The molecule has 308 valence electrons. The molecule has 2 heteroatoms. The van der Waals surface area contributed by atoms with Gasteiger partial charge in [-0.2, -0.15) is 0 Å². The predicted octanol–water partition coefficient (Wildman–Crippen LogP) is 17.2. The lowest BCUT2D eigenvalue weighted by molar-refractivity contribution is 0.550. The van der Waals surface area contributed by atoms with E-state index in [0.29, 0.717) is 0 Å². The van der Waals surface area contributed by atoms with Crippen LogP contribution < -0.4 is 4.90 Å². The SMILES string of the molecule is c1ccc(-n2c3ccccc3c3ccc(-c4ccc(N(c5ccc(-c6ccc7c(c6)C6(CCCC6)c6ccccc6-7)cc5)c5ccc(-c6ccc7ccccc7c6)cc5)cc4)cc32)cc1. The van der Waals surface area contributed by atoms with Crippen LogP contribution >= 0.6 is 0 Å². The quantitative estimate of drug-likeness (QED) is 0.155. The molecule has 1 aromatic heterocycles. The Balaban J connectivity index is 0.878. The van der Waals surface area contributed by atoms with Gasteiger partial charge in [-0.25, -0.2) is 0 Å². The first-order chi connectivity index (χ1) is 32.2. The summed E-state index contributed by atoms with van der Waals surface area (Å²) in [6.45, 7) is 0. The second-order valence-electron chi connectivity index (χ2n) is 18.1. The summed E-state index contributed by atoms with van der Waals surface area (Å²) in [5, 5.41) is 5.03. The zero-order valence-electron chi connectivity index (χ0n) is 36.2. The Labute approximate surface area is 380 Å². The van der Waals surface area contributed by atoms with Gasteiger partial charge in [0.1, 0.15) is 0 Å². The number of para-hydroxylation sites is 2. The maximum atomic E-state index is 2.51. The molecular weight excluding hydrogens is 785 g/mol. The fourth-order valence-electron chi connectivity index (χ4n) is 11.4. The van der Waals surface area contributed by atoms with Gasteiger partial charge in [0.25, 0.3) is 0 Å². The molecule has 2 aliphatic carbocycles. The average molecular weight is 831 g/mol. The number of hydrogen-bond donors (Lipinski definition) is 0. The van der Waals surface area contributed by atoms with Crippen LogP contribution in [0.25, 0.3) is 82.8 Å². The largest absolute Gasteiger partial charge is 0.311 e. The highest BCUT2D eigenvalue weighted by Gasteiger charge is 2.44. The molecule has 0 N–H and O–H groups in total. The topological polar surface area (TPSA) is 8.17 Å². The van der Waals surface area contributed by atoms with Gasteiger partial charge in [0.05, 0.1) is 11.0 Å². The number of hydrogen-bond acceptors (Lipinski definition) is 1. The normalized spacial score (nSPS) is 13.7. The van der Waals surface area contributed by atoms with Gasteiger partial charge in [-0.3, -0.25) is 0 Å². The second-order valence-corrected chi connectivity index (χ2v) is 18.1. The van der Waals surface area contributed by atoms with Crippen molar-refractivity contribution < 1.29 is 0 Å². The molecule has 0 saturated heterocycles. The minimum atomic E-state index is 0.149. The van der Waals surface area contributed by atoms with Gasteiger partial charge in [0.15, 0.2) is 0 Å². The van der Waals surface area contributed by atoms with Crippen molar-refractivity contribution in [2.24, 2.45) is 0 Å². The van der Waals surface area contributed by atoms with E-state index < -0.39 is 0 Å². The number of nitrogens with zero attached hydrogens (tertiary/aromatic N) is 2. The Hall–Kier alpha value is -7.94. The first-order valence-electron chi connectivity index (χ1n) is 23.1. The van der Waals surface area contributed by atoms with Crippen molar-refractivity contribution in [1.29, 1.82) is 0 Å². The Morgan fingerprint density at radius 3 is 1.55 bits per heavy atom. The molecule has 1 fully saturated rings. The molecule has 0 unspecified atom stereocenters. The van der Waals surface area contributed by atoms with Crippen molar-refractivity contribution >= 4 is 49.6 Å². The maximum absolute atomic E-state index is 2.51. The third-order valence-electron chi connectivity index (χ3n) is 14.5. The maximum Gasteiger partial charge on any atom is 0.0547 e. The number of rotatable bonds is 7. The molecule has 65 heavy (non-hydrogen) atoms. The smallest absolute Gasteiger partial charge is 0.0547 e. The molecule has 2 aliphatic rings. The second kappa shape index (κ2) is 15.1. The van der Waals surface area contributed by atoms with Gasteiger partial charge in [-0.1, -0.05) is 171 Å². The molecule has 0 atom stereocenters. The van der Waals surface area contributed by atoms with Gasteiger partial charge >= 0.3 is 0 Å². The molecule has 13 rings (SSSR count). The van der Waals surface area contributed by atoms with Gasteiger partial charge < -0.3 is 9.47 Å². The third kappa shape index (κ3) is 6.16. The summed E-state index contributed by atoms with van der Waals surface area (Å²) in [6, 6.07) is 85.4. The first kappa shape index (κ1) is 37.6. The highest BCUT2D eigenvalue weighted by Crippen LogP contribution is 2.57. The number of benzene rings is 10. The van der Waals surface area contributed by atoms with Crippen LogP contribution in [-0.4, -0.2) is 4.57 Å². The van der Waals surface area contributed by atoms with Gasteiger partial charge in [0, 0.05) is 38.9 Å². The van der Waals surface area contributed by atoms with Crippen LogP contribution in [0.15, 0.2) is 231 Å². The molecule has 10 aromatic carbocycles. The standard InChI is InChI=1S/C63H46N2/c1-2-14-51(15-3-1)65-61-19-9-7-17-57(61)58-37-29-50(42-62(58)65)46-26-34-54(35-27-46)64(52-30-22-44(23-31-52)48-21-20-43-12-4-5-13-47(43)40-48)53-32-24-45(25-33-53)49-28-36-56-55-16-6-8-18-59(55)63(60(56)41-49)38-10-11-39-63/h1-9,12-37,40-42H,10-11,38-39H2. The zero-order valence-corrected chi connectivity index (χ0v) is 36.2. The molecule has 1 heterocycles. The zero-order chi connectivity index (χ0) is 42.9. The predicted molar refractivity (Wildman–Crippen MR) is 274 cm³/mol. The molecule has 1 saturated carbocycles. The van der Waals surface area contributed by atoms with Crippen molar-refractivity contribution in [2.45, 2.75) is 31.1 Å². The van der Waals surface area contributed by atoms with E-state index in [-0.39, 0.29) is 5.41 Å². The Kier molecular flexibility index (Phi) is 8.74. The molecule has 0 bridgehead atoms. The van der Waals surface area contributed by atoms with Gasteiger partial charge in [-0.05, 0) is 152 Å². The molecule has 2 nitrogen and oxygen atoms in total. The minimum Gasteiger partial charge on any atom is -0.311 e. The van der Waals surface area contributed by atoms with Gasteiger partial charge in [0.2, 0.25) is 0 Å². The highest BCUT2D eigenvalue weighted by atomic mass is 15.1. The summed E-state index contributed by atoms with van der Waals surface area (Å²) in [5.74, 6) is 0. The Morgan fingerprint density at radius 2 is 0.846 bits per heavy atom. The van der Waals surface area contributed by atoms with E-state index in [4.69, 9.17) is 0 Å². The minimum absolute atomic E-state index is 0.149. The number of aromatic nitrogens is 1. The van der Waals surface area contributed by atoms with Crippen molar-refractivity contribution in [3.8, 4) is 50.2 Å². The summed E-state index contributed by atoms with van der Waals surface area (Å²) in [5.41, 5.74) is 20.3. The molecule has 0 radical (unpaired) electrons. The summed E-state index contributed by atoms with van der Waals surface area (Å²) in [7, 11) is 0. The molecule has 11 aromatic rings. The van der Waals surface area contributed by atoms with E-state index in [1.165, 1.54) is 120 Å². The summed E-state index contributed by atoms with van der Waals surface area (Å²) >= 11 is 0. The lowest BCUT2D eigenvalue weighted by atomic mass is 9.76. The number of fused-ring (bicyclic) bond motifs is 9. The van der Waals surface area contributed by atoms with Crippen LogP contribution in [0.2, 0.25) is 0 Å². The molecule has 1 spiro atoms. The van der Waals surface area contributed by atoms with E-state index in [0.717, 1.165) is 17.1 Å². The van der Waals surface area contributed by atoms with E-state index in [1.54, 1.807) is 0 Å². The lowest BCUT2D eigenvalue weighted by Crippen LogP contribution is -2.20. The van der Waals surface area contributed by atoms with Crippen molar-refractivity contribution in [3.63, 3.8) is 0 Å². The average Bonchev–Trinajstić information content (AvgIpc) is 4.08. The first-order valence-corrected chi connectivity index (χ1v) is 23.1. The Morgan fingerprint density at radius 1 is 0.338 bits per heavy atom. The summed E-state index contributed by atoms with van der Waals surface area (Å²) in [6.07, 6.45) is 5.06. The monoisotopic (exact) mass is 830 g/mol. The lowest BCUT2D eigenvalue weighted by Gasteiger charge is -2.27. The van der Waals surface area contributed by atoms with Crippen LogP contribution in [0.5, 0.6) is 0 Å². The summed E-state index contributed by atoms with van der Waals surface area (Å²) < 4.78 is 2.39. The highest BCUT2D eigenvalue weighted by molar-refractivity contribution is 6.10. The van der Waals surface area contributed by atoms with Crippen LogP contribution in [0, 0.1) is 0 Å². The van der Waals surface area contributed by atoms with E-state index >= 15 is 0 Å². The van der Waals surface area contributed by atoms with Crippen LogP contribution in [0.1, 0.15) is 36.8 Å². The third-order valence-corrected chi connectivity index (χ3v) is 14.5. The fourth-order valence-corrected chi connectivity index (χ4v) is 11.4. The Bertz CT molecular complexity index is 3570. The molecule has 0 aliphatic heterocycles. The van der Waals surface area contributed by atoms with Crippen LogP contribution in [0.4, 0.5) is 17.1 Å². The summed E-state index contributed by atoms with van der Waals surface area (Å²) in [4.78, 5) is 2.39. The van der Waals surface area contributed by atoms with E-state index in [1.807, 2.05) is 0 Å². The van der Waals surface area contributed by atoms with E-state index in [9.17, 15) is 0 Å². The van der Waals surface area contributed by atoms with Crippen LogP contribution in [-0.2, 0) is 5.41 Å². The number of anilines is 3.